The Balaban J connectivity index is 1.62. The standard InChI is InChI=1S/C31H36N2O5/c1-31(2,3)32-30(35)26(18-22-9-6-5-7-10-22)33(20-24-11-8-12-25(17-24)36-4)29(34)16-14-23-13-15-27-28(19-23)38-21-37-27/h5-13,15,17,19,26H,14,16,18,20-21H2,1-4H3,(H,32,35)/t26-/m1/s1. The van der Waals surface area contributed by atoms with Gasteiger partial charge in [0.05, 0.1) is 7.11 Å². The highest BCUT2D eigenvalue weighted by atomic mass is 16.7. The number of fused-ring (bicyclic) bond motifs is 1. The number of amides is 2. The van der Waals surface area contributed by atoms with Crippen LogP contribution in [0.1, 0.15) is 43.9 Å². The SMILES string of the molecule is COc1cccc(CN(C(=O)CCc2ccc3c(c2)OCO3)[C@H](Cc2ccccc2)C(=O)NC(C)(C)C)c1. The van der Waals surface area contributed by atoms with Gasteiger partial charge in [-0.3, -0.25) is 9.59 Å². The molecule has 1 heterocycles. The van der Waals surface area contributed by atoms with Gasteiger partial charge in [-0.15, -0.1) is 0 Å². The van der Waals surface area contributed by atoms with E-state index in [4.69, 9.17) is 14.2 Å². The fourth-order valence-corrected chi connectivity index (χ4v) is 4.47. The number of nitrogens with zero attached hydrogens (tertiary/aromatic N) is 1. The Morgan fingerprint density at radius 2 is 1.66 bits per heavy atom. The Kier molecular flexibility index (Phi) is 8.56. The minimum atomic E-state index is -0.688. The van der Waals surface area contributed by atoms with Gasteiger partial charge in [-0.2, -0.15) is 0 Å². The van der Waals surface area contributed by atoms with Gasteiger partial charge in [0, 0.05) is 24.9 Å². The van der Waals surface area contributed by atoms with Crippen LogP contribution in [0.5, 0.6) is 17.2 Å². The predicted molar refractivity (Wildman–Crippen MR) is 146 cm³/mol. The molecule has 0 fully saturated rings. The largest absolute Gasteiger partial charge is 0.497 e. The van der Waals surface area contributed by atoms with Gasteiger partial charge in [-0.25, -0.2) is 0 Å². The molecule has 0 saturated carbocycles. The molecule has 0 aromatic heterocycles. The molecule has 38 heavy (non-hydrogen) atoms. The molecular weight excluding hydrogens is 480 g/mol. The highest BCUT2D eigenvalue weighted by Gasteiger charge is 2.32. The fraction of sp³-hybridized carbons (Fsp3) is 0.355. The van der Waals surface area contributed by atoms with Crippen molar-refractivity contribution in [1.82, 2.24) is 10.2 Å². The molecule has 1 atom stereocenters. The molecule has 0 unspecified atom stereocenters. The smallest absolute Gasteiger partial charge is 0.243 e. The summed E-state index contributed by atoms with van der Waals surface area (Å²) in [6.07, 6.45) is 1.17. The lowest BCUT2D eigenvalue weighted by molar-refractivity contribution is -0.141. The molecule has 7 heteroatoms. The van der Waals surface area contributed by atoms with E-state index in [0.717, 1.165) is 16.7 Å². The quantitative estimate of drug-likeness (QED) is 0.414. The first-order valence-corrected chi connectivity index (χ1v) is 12.9. The van der Waals surface area contributed by atoms with Gasteiger partial charge in [0.2, 0.25) is 18.6 Å². The monoisotopic (exact) mass is 516 g/mol. The zero-order chi connectivity index (χ0) is 27.1. The maximum atomic E-state index is 13.9. The van der Waals surface area contributed by atoms with Crippen molar-refractivity contribution in [3.8, 4) is 17.2 Å². The number of nitrogens with one attached hydrogen (secondary N) is 1. The second kappa shape index (κ2) is 12.0. The lowest BCUT2D eigenvalue weighted by Gasteiger charge is -2.34. The van der Waals surface area contributed by atoms with Crippen LogP contribution in [-0.2, 0) is 29.0 Å². The van der Waals surface area contributed by atoms with Crippen LogP contribution in [0, 0.1) is 0 Å². The molecule has 0 spiro atoms. The highest BCUT2D eigenvalue weighted by molar-refractivity contribution is 5.88. The zero-order valence-corrected chi connectivity index (χ0v) is 22.5. The van der Waals surface area contributed by atoms with Crippen molar-refractivity contribution < 1.29 is 23.8 Å². The summed E-state index contributed by atoms with van der Waals surface area (Å²) in [4.78, 5) is 29.2. The number of carbonyl (C=O) groups is 2. The van der Waals surface area contributed by atoms with Crippen molar-refractivity contribution in [2.24, 2.45) is 0 Å². The highest BCUT2D eigenvalue weighted by Crippen LogP contribution is 2.33. The third-order valence-corrected chi connectivity index (χ3v) is 6.32. The third-order valence-electron chi connectivity index (χ3n) is 6.32. The second-order valence-electron chi connectivity index (χ2n) is 10.5. The molecule has 200 valence electrons. The summed E-state index contributed by atoms with van der Waals surface area (Å²) in [6.45, 7) is 6.32. The first-order valence-electron chi connectivity index (χ1n) is 12.9. The lowest BCUT2D eigenvalue weighted by Crippen LogP contribution is -2.54. The van der Waals surface area contributed by atoms with E-state index in [1.165, 1.54) is 0 Å². The minimum Gasteiger partial charge on any atom is -0.497 e. The summed E-state index contributed by atoms with van der Waals surface area (Å²) in [6, 6.07) is 22.4. The Bertz CT molecular complexity index is 1250. The molecule has 0 radical (unpaired) electrons. The summed E-state index contributed by atoms with van der Waals surface area (Å²) in [5.41, 5.74) is 2.41. The van der Waals surface area contributed by atoms with Crippen LogP contribution in [0.2, 0.25) is 0 Å². The molecular formula is C31H36N2O5. The predicted octanol–water partition coefficient (Wildman–Crippen LogP) is 4.91. The molecule has 0 aliphatic carbocycles. The van der Waals surface area contributed by atoms with Crippen LogP contribution in [-0.4, -0.2) is 42.2 Å². The number of hydrogen-bond acceptors (Lipinski definition) is 5. The van der Waals surface area contributed by atoms with Gasteiger partial charge in [-0.05, 0) is 68.1 Å². The maximum Gasteiger partial charge on any atom is 0.243 e. The molecule has 3 aromatic rings. The number of ether oxygens (including phenoxy) is 3. The van der Waals surface area contributed by atoms with E-state index in [0.29, 0.717) is 30.1 Å². The van der Waals surface area contributed by atoms with Gasteiger partial charge < -0.3 is 24.4 Å². The molecule has 7 nitrogen and oxygen atoms in total. The number of hydrogen-bond donors (Lipinski definition) is 1. The summed E-state index contributed by atoms with van der Waals surface area (Å²) in [5.74, 6) is 1.82. The van der Waals surface area contributed by atoms with Crippen molar-refractivity contribution in [3.05, 3.63) is 89.5 Å². The van der Waals surface area contributed by atoms with Gasteiger partial charge in [-0.1, -0.05) is 48.5 Å². The van der Waals surface area contributed by atoms with E-state index in [2.05, 4.69) is 5.32 Å². The number of rotatable bonds is 10. The van der Waals surface area contributed by atoms with Crippen molar-refractivity contribution in [2.75, 3.05) is 13.9 Å². The third kappa shape index (κ3) is 7.28. The maximum absolute atomic E-state index is 13.9. The fourth-order valence-electron chi connectivity index (χ4n) is 4.47. The van der Waals surface area contributed by atoms with Crippen molar-refractivity contribution in [2.45, 2.75) is 58.2 Å². The van der Waals surface area contributed by atoms with Crippen molar-refractivity contribution in [3.63, 3.8) is 0 Å². The van der Waals surface area contributed by atoms with E-state index < -0.39 is 11.6 Å². The molecule has 1 N–H and O–H groups in total. The normalized spacial score (nSPS) is 13.1. The first kappa shape index (κ1) is 27.0. The van der Waals surface area contributed by atoms with E-state index >= 15 is 0 Å². The van der Waals surface area contributed by atoms with Gasteiger partial charge in [0.1, 0.15) is 11.8 Å². The molecule has 2 amide bonds. The Labute approximate surface area is 224 Å². The zero-order valence-electron chi connectivity index (χ0n) is 22.5. The van der Waals surface area contributed by atoms with Crippen LogP contribution in [0.4, 0.5) is 0 Å². The Morgan fingerprint density at radius 1 is 0.921 bits per heavy atom. The molecule has 0 bridgehead atoms. The summed E-state index contributed by atoms with van der Waals surface area (Å²) < 4.78 is 16.3. The summed E-state index contributed by atoms with van der Waals surface area (Å²) in [7, 11) is 1.61. The molecule has 1 aliphatic heterocycles. The van der Waals surface area contributed by atoms with Crippen LogP contribution in [0.15, 0.2) is 72.8 Å². The van der Waals surface area contributed by atoms with Gasteiger partial charge in [0.25, 0.3) is 0 Å². The second-order valence-corrected chi connectivity index (χ2v) is 10.5. The number of carbonyl (C=O) groups excluding carboxylic acids is 2. The molecule has 1 aliphatic rings. The lowest BCUT2D eigenvalue weighted by atomic mass is 9.99. The van der Waals surface area contributed by atoms with Crippen molar-refractivity contribution in [1.29, 1.82) is 0 Å². The average Bonchev–Trinajstić information content (AvgIpc) is 3.37. The molecule has 4 rings (SSSR count). The summed E-state index contributed by atoms with van der Waals surface area (Å²) in [5, 5.41) is 3.10. The minimum absolute atomic E-state index is 0.101. The van der Waals surface area contributed by atoms with E-state index in [9.17, 15) is 9.59 Å². The van der Waals surface area contributed by atoms with Crippen LogP contribution < -0.4 is 19.5 Å². The topological polar surface area (TPSA) is 77.1 Å². The van der Waals surface area contributed by atoms with Crippen LogP contribution in [0.3, 0.4) is 0 Å². The Morgan fingerprint density at radius 3 is 2.39 bits per heavy atom. The van der Waals surface area contributed by atoms with Crippen LogP contribution in [0.25, 0.3) is 0 Å². The van der Waals surface area contributed by atoms with E-state index in [1.54, 1.807) is 12.0 Å². The number of benzene rings is 3. The van der Waals surface area contributed by atoms with E-state index in [-0.39, 0.29) is 31.6 Å². The first-order chi connectivity index (χ1) is 18.2. The van der Waals surface area contributed by atoms with Crippen molar-refractivity contribution >= 4 is 11.8 Å². The van der Waals surface area contributed by atoms with Gasteiger partial charge >= 0.3 is 0 Å². The van der Waals surface area contributed by atoms with Gasteiger partial charge in [0.15, 0.2) is 11.5 Å². The van der Waals surface area contributed by atoms with E-state index in [1.807, 2.05) is 93.6 Å². The average molecular weight is 517 g/mol. The number of methoxy groups -OCH3 is 1. The molecule has 0 saturated heterocycles. The number of aryl methyl sites for hydroxylation is 1. The van der Waals surface area contributed by atoms with Crippen LogP contribution >= 0.6 is 0 Å². The summed E-state index contributed by atoms with van der Waals surface area (Å²) >= 11 is 0. The molecule has 3 aromatic carbocycles. The Hall–Kier alpha value is -4.00.